The van der Waals surface area contributed by atoms with E-state index in [2.05, 4.69) is 13.8 Å². The molecule has 0 aromatic rings. The van der Waals surface area contributed by atoms with E-state index in [9.17, 15) is 4.79 Å². The van der Waals surface area contributed by atoms with E-state index in [4.69, 9.17) is 10.7 Å². The molecule has 0 aromatic heterocycles. The molecule has 9 unspecified atom stereocenters. The molecule has 0 heterocycles. The van der Waals surface area contributed by atoms with E-state index in [1.54, 1.807) is 0 Å². The second kappa shape index (κ2) is 4.35. The molecule has 2 N–H and O–H groups in total. The first-order valence-electron chi connectivity index (χ1n) is 10.8. The Kier molecular flexibility index (Phi) is 2.72. The summed E-state index contributed by atoms with van der Waals surface area (Å²) in [6, 6.07) is 0. The number of carbonyl (C=O) groups excluding carboxylic acids is 1. The summed E-state index contributed by atoms with van der Waals surface area (Å²) in [5.74, 6) is 11.7. The zero-order valence-electron chi connectivity index (χ0n) is 16.0. The number of nitrogens with two attached hydrogens (primary N) is 1. The van der Waals surface area contributed by atoms with Gasteiger partial charge in [-0.2, -0.15) is 0 Å². The number of carbonyl (C=O) groups is 1. The fraction of sp³-hybridized carbons (Fsp3) is 0.955. The van der Waals surface area contributed by atoms with Gasteiger partial charge in [0.25, 0.3) is 0 Å². The standard InChI is InChI=1S/C22H33NO2/c1-11(24)13-4-5-14-12-10-16-18-19-17(25-23)7-9-21(3,22(16,18)19)15(12)6-8-20(13,14)2/h12-19H,4-10,23H2,1-3H3/t12?,13?,14?,15?,16-,17?,18?,19+,20?,21?,22?/m0/s1. The van der Waals surface area contributed by atoms with Crippen LogP contribution >= 0.6 is 0 Å². The monoisotopic (exact) mass is 343 g/mol. The molecule has 0 radical (unpaired) electrons. The van der Waals surface area contributed by atoms with Gasteiger partial charge >= 0.3 is 0 Å². The summed E-state index contributed by atoms with van der Waals surface area (Å²) in [7, 11) is 0. The lowest BCUT2D eigenvalue weighted by Gasteiger charge is -2.60. The molecule has 0 aliphatic heterocycles. The average Bonchev–Trinajstić information content (AvgIpc) is 3.40. The van der Waals surface area contributed by atoms with Crippen molar-refractivity contribution in [2.75, 3.05) is 0 Å². The van der Waals surface area contributed by atoms with Crippen LogP contribution in [0.4, 0.5) is 0 Å². The first-order chi connectivity index (χ1) is 11.9. The normalized spacial score (nSPS) is 66.1. The van der Waals surface area contributed by atoms with Crippen molar-refractivity contribution >= 4 is 5.78 Å². The van der Waals surface area contributed by atoms with Crippen LogP contribution in [0, 0.1) is 57.7 Å². The number of ketones is 1. The molecule has 0 amide bonds. The lowest BCUT2D eigenvalue weighted by molar-refractivity contribution is -0.149. The molecule has 0 saturated heterocycles. The number of rotatable bonds is 2. The van der Waals surface area contributed by atoms with Crippen LogP contribution in [0.25, 0.3) is 0 Å². The maximum absolute atomic E-state index is 12.3. The SMILES string of the molecule is CC(=O)C1CCC2C3C[C@H]4C5[C@H]6C(ON)CCC(C)(C3CCC12C)C564. The Morgan fingerprint density at radius 3 is 2.52 bits per heavy atom. The third-order valence-corrected chi connectivity index (χ3v) is 11.1. The van der Waals surface area contributed by atoms with Crippen molar-refractivity contribution < 1.29 is 9.63 Å². The van der Waals surface area contributed by atoms with Crippen LogP contribution in [0.3, 0.4) is 0 Å². The highest BCUT2D eigenvalue weighted by Gasteiger charge is 2.95. The van der Waals surface area contributed by atoms with Gasteiger partial charge in [-0.3, -0.25) is 4.79 Å². The number of hydrogen-bond donors (Lipinski definition) is 1. The molecule has 6 aliphatic rings. The first kappa shape index (κ1) is 15.6. The molecule has 11 atom stereocenters. The molecular formula is C22H33NO2. The van der Waals surface area contributed by atoms with E-state index >= 15 is 0 Å². The summed E-state index contributed by atoms with van der Waals surface area (Å²) in [6.07, 6.45) is 9.38. The van der Waals surface area contributed by atoms with Gasteiger partial charge in [-0.15, -0.1) is 0 Å². The van der Waals surface area contributed by atoms with Crippen LogP contribution in [0.1, 0.15) is 65.7 Å². The molecule has 3 nitrogen and oxygen atoms in total. The highest BCUT2D eigenvalue weighted by atomic mass is 16.6. The highest BCUT2D eigenvalue weighted by Crippen LogP contribution is 2.98. The second-order valence-electron chi connectivity index (χ2n) is 11.1. The summed E-state index contributed by atoms with van der Waals surface area (Å²) in [5, 5.41) is 0. The van der Waals surface area contributed by atoms with Gasteiger partial charge in [0.15, 0.2) is 0 Å². The summed E-state index contributed by atoms with van der Waals surface area (Å²) in [5.41, 5.74) is 1.44. The Morgan fingerprint density at radius 2 is 1.80 bits per heavy atom. The molecule has 6 fully saturated rings. The number of hydrogen-bond acceptors (Lipinski definition) is 3. The van der Waals surface area contributed by atoms with E-state index in [0.29, 0.717) is 34.1 Å². The quantitative estimate of drug-likeness (QED) is 0.772. The van der Waals surface area contributed by atoms with Gasteiger partial charge in [-0.05, 0) is 104 Å². The second-order valence-corrected chi connectivity index (χ2v) is 11.1. The van der Waals surface area contributed by atoms with Crippen LogP contribution in [0.15, 0.2) is 0 Å². The van der Waals surface area contributed by atoms with Crippen molar-refractivity contribution in [3.63, 3.8) is 0 Å². The molecule has 6 saturated carbocycles. The fourth-order valence-corrected chi connectivity index (χ4v) is 10.3. The number of Topliss-reactive ketones (excluding diaryl/α,β-unsaturated/α-hetero) is 1. The van der Waals surface area contributed by atoms with Crippen molar-refractivity contribution in [2.24, 2.45) is 63.6 Å². The molecule has 6 aliphatic carbocycles. The van der Waals surface area contributed by atoms with E-state index in [1.165, 1.54) is 38.5 Å². The van der Waals surface area contributed by atoms with E-state index < -0.39 is 0 Å². The molecule has 138 valence electrons. The minimum absolute atomic E-state index is 0.296. The third kappa shape index (κ3) is 1.43. The maximum atomic E-state index is 12.3. The Bertz CT molecular complexity index is 662. The van der Waals surface area contributed by atoms with Crippen LogP contribution in [0.2, 0.25) is 0 Å². The van der Waals surface area contributed by atoms with Crippen LogP contribution in [0.5, 0.6) is 0 Å². The third-order valence-electron chi connectivity index (χ3n) is 11.1. The summed E-state index contributed by atoms with van der Waals surface area (Å²) in [4.78, 5) is 17.7. The van der Waals surface area contributed by atoms with Crippen molar-refractivity contribution in [3.05, 3.63) is 0 Å². The van der Waals surface area contributed by atoms with Crippen molar-refractivity contribution in [1.82, 2.24) is 0 Å². The van der Waals surface area contributed by atoms with E-state index in [0.717, 1.165) is 41.9 Å². The molecule has 0 aromatic carbocycles. The molecule has 1 spiro atoms. The van der Waals surface area contributed by atoms with Gasteiger partial charge in [0.1, 0.15) is 5.78 Å². The Balaban J connectivity index is 1.35. The van der Waals surface area contributed by atoms with Crippen molar-refractivity contribution in [3.8, 4) is 0 Å². The Hall–Kier alpha value is -0.410. The predicted molar refractivity (Wildman–Crippen MR) is 95.1 cm³/mol. The topological polar surface area (TPSA) is 52.3 Å². The fourth-order valence-electron chi connectivity index (χ4n) is 10.3. The zero-order chi connectivity index (χ0) is 17.4. The van der Waals surface area contributed by atoms with Crippen molar-refractivity contribution in [1.29, 1.82) is 0 Å². The molecular weight excluding hydrogens is 310 g/mol. The summed E-state index contributed by atoms with van der Waals surface area (Å²) in [6.45, 7) is 6.95. The maximum Gasteiger partial charge on any atom is 0.133 e. The lowest BCUT2D eigenvalue weighted by atomic mass is 9.44. The van der Waals surface area contributed by atoms with Gasteiger partial charge < -0.3 is 4.84 Å². The van der Waals surface area contributed by atoms with Gasteiger partial charge in [-0.25, -0.2) is 5.90 Å². The van der Waals surface area contributed by atoms with Crippen LogP contribution in [-0.4, -0.2) is 11.9 Å². The molecule has 0 bridgehead atoms. The minimum Gasteiger partial charge on any atom is -0.301 e. The minimum atomic E-state index is 0.296. The van der Waals surface area contributed by atoms with Crippen molar-refractivity contribution in [2.45, 2.75) is 71.8 Å². The largest absolute Gasteiger partial charge is 0.301 e. The predicted octanol–water partition coefficient (Wildman–Crippen LogP) is 3.96. The van der Waals surface area contributed by atoms with Gasteiger partial charge in [-0.1, -0.05) is 13.8 Å². The molecule has 25 heavy (non-hydrogen) atoms. The lowest BCUT2D eigenvalue weighted by Crippen LogP contribution is -2.56. The Morgan fingerprint density at radius 1 is 1.00 bits per heavy atom. The summed E-state index contributed by atoms with van der Waals surface area (Å²) >= 11 is 0. The molecule has 6 rings (SSSR count). The van der Waals surface area contributed by atoms with E-state index in [1.807, 2.05) is 6.92 Å². The average molecular weight is 344 g/mol. The van der Waals surface area contributed by atoms with Crippen LogP contribution < -0.4 is 5.90 Å². The molecule has 3 heteroatoms. The van der Waals surface area contributed by atoms with Crippen LogP contribution in [-0.2, 0) is 9.63 Å². The van der Waals surface area contributed by atoms with Gasteiger partial charge in [0.2, 0.25) is 0 Å². The van der Waals surface area contributed by atoms with Gasteiger partial charge in [0.05, 0.1) is 6.10 Å². The first-order valence-corrected chi connectivity index (χ1v) is 10.8. The summed E-state index contributed by atoms with van der Waals surface area (Å²) < 4.78 is 0. The zero-order valence-corrected chi connectivity index (χ0v) is 16.0. The Labute approximate surface area is 151 Å². The smallest absolute Gasteiger partial charge is 0.133 e. The van der Waals surface area contributed by atoms with Gasteiger partial charge in [0, 0.05) is 5.92 Å². The highest BCUT2D eigenvalue weighted by molar-refractivity contribution is 5.79. The van der Waals surface area contributed by atoms with E-state index in [-0.39, 0.29) is 0 Å². The number of fused-ring (bicyclic) bond motifs is 6.